The van der Waals surface area contributed by atoms with Crippen molar-refractivity contribution < 1.29 is 17.9 Å². The maximum absolute atomic E-state index is 12.2. The van der Waals surface area contributed by atoms with Crippen LogP contribution >= 0.6 is 0 Å². The molecule has 134 valence electrons. The molecule has 1 N–H and O–H groups in total. The number of nitrogens with one attached hydrogen (secondary N) is 1. The highest BCUT2D eigenvalue weighted by Crippen LogP contribution is 2.22. The van der Waals surface area contributed by atoms with E-state index in [0.717, 1.165) is 36.2 Å². The van der Waals surface area contributed by atoms with Crippen molar-refractivity contribution >= 4 is 21.6 Å². The minimum atomic E-state index is -3.55. The van der Waals surface area contributed by atoms with E-state index < -0.39 is 10.0 Å². The predicted molar refractivity (Wildman–Crippen MR) is 94.8 cm³/mol. The average molecular weight is 354 g/mol. The normalized spacial score (nSPS) is 15.5. The van der Waals surface area contributed by atoms with Crippen molar-refractivity contribution in [3.8, 4) is 5.75 Å². The summed E-state index contributed by atoms with van der Waals surface area (Å²) in [6.07, 6.45) is 5.29. The molecule has 0 aromatic heterocycles. The van der Waals surface area contributed by atoms with Crippen LogP contribution in [0, 0.1) is 0 Å². The van der Waals surface area contributed by atoms with Gasteiger partial charge in [-0.05, 0) is 51.0 Å². The predicted octanol–water partition coefficient (Wildman–Crippen LogP) is 2.30. The maximum atomic E-state index is 12.2. The van der Waals surface area contributed by atoms with Gasteiger partial charge in [0.1, 0.15) is 12.3 Å². The van der Waals surface area contributed by atoms with Crippen LogP contribution in [0.1, 0.15) is 39.5 Å². The Morgan fingerprint density at radius 3 is 2.33 bits per heavy atom. The van der Waals surface area contributed by atoms with E-state index in [1.54, 1.807) is 24.3 Å². The Hall–Kier alpha value is -1.76. The van der Waals surface area contributed by atoms with Gasteiger partial charge in [-0.25, -0.2) is 8.42 Å². The van der Waals surface area contributed by atoms with E-state index in [9.17, 15) is 13.2 Å². The fourth-order valence-electron chi connectivity index (χ4n) is 2.84. The largest absolute Gasteiger partial charge is 0.491 e. The summed E-state index contributed by atoms with van der Waals surface area (Å²) < 4.78 is 30.8. The zero-order chi connectivity index (χ0) is 17.7. The summed E-state index contributed by atoms with van der Waals surface area (Å²) in [5.74, 6) is 0.396. The van der Waals surface area contributed by atoms with Crippen molar-refractivity contribution in [3.05, 3.63) is 24.3 Å². The summed E-state index contributed by atoms with van der Waals surface area (Å²) in [4.78, 5) is 12.2. The van der Waals surface area contributed by atoms with Gasteiger partial charge in [-0.3, -0.25) is 9.10 Å². The number of rotatable bonds is 7. The Morgan fingerprint density at radius 2 is 1.83 bits per heavy atom. The van der Waals surface area contributed by atoms with Crippen LogP contribution in [0.2, 0.25) is 0 Å². The van der Waals surface area contributed by atoms with Gasteiger partial charge < -0.3 is 10.1 Å². The lowest BCUT2D eigenvalue weighted by molar-refractivity contribution is -0.120. The van der Waals surface area contributed by atoms with Crippen LogP contribution in [-0.2, 0) is 14.8 Å². The number of anilines is 1. The Balaban J connectivity index is 2.09. The quantitative estimate of drug-likeness (QED) is 0.815. The lowest BCUT2D eigenvalue weighted by Gasteiger charge is -2.23. The van der Waals surface area contributed by atoms with Crippen molar-refractivity contribution in [1.82, 2.24) is 5.32 Å². The molecule has 1 fully saturated rings. The van der Waals surface area contributed by atoms with Crippen LogP contribution < -0.4 is 14.4 Å². The van der Waals surface area contributed by atoms with Gasteiger partial charge >= 0.3 is 0 Å². The number of benzene rings is 1. The number of amides is 1. The van der Waals surface area contributed by atoms with E-state index in [-0.39, 0.29) is 24.6 Å². The first-order valence-electron chi connectivity index (χ1n) is 8.29. The molecule has 0 saturated heterocycles. The summed E-state index contributed by atoms with van der Waals surface area (Å²) >= 11 is 0. The summed E-state index contributed by atoms with van der Waals surface area (Å²) in [6, 6.07) is 6.90. The van der Waals surface area contributed by atoms with Crippen LogP contribution in [-0.4, -0.2) is 39.3 Å². The maximum Gasteiger partial charge on any atom is 0.240 e. The van der Waals surface area contributed by atoms with Gasteiger partial charge in [0.05, 0.1) is 18.0 Å². The summed E-state index contributed by atoms with van der Waals surface area (Å²) in [7, 11) is -3.55. The fourth-order valence-corrected chi connectivity index (χ4v) is 3.69. The number of hydrogen-bond donors (Lipinski definition) is 1. The summed E-state index contributed by atoms with van der Waals surface area (Å²) in [6.45, 7) is 3.63. The fraction of sp³-hybridized carbons (Fsp3) is 0.588. The molecule has 24 heavy (non-hydrogen) atoms. The van der Waals surface area contributed by atoms with Gasteiger partial charge in [-0.1, -0.05) is 12.8 Å². The molecule has 0 spiro atoms. The minimum absolute atomic E-state index is 0.0408. The van der Waals surface area contributed by atoms with Crippen LogP contribution in [0.25, 0.3) is 0 Å². The molecule has 0 atom stereocenters. The molecule has 0 aliphatic heterocycles. The number of sulfonamides is 1. The summed E-state index contributed by atoms with van der Waals surface area (Å²) in [5.41, 5.74) is 0.454. The number of carbonyl (C=O) groups excluding carboxylic acids is 1. The van der Waals surface area contributed by atoms with Crippen molar-refractivity contribution in [1.29, 1.82) is 0 Å². The zero-order valence-corrected chi connectivity index (χ0v) is 15.3. The first kappa shape index (κ1) is 18.6. The Bertz CT molecular complexity index is 650. The molecule has 1 aliphatic carbocycles. The van der Waals surface area contributed by atoms with Gasteiger partial charge in [0, 0.05) is 6.04 Å². The van der Waals surface area contributed by atoms with E-state index in [4.69, 9.17) is 4.74 Å². The number of nitrogens with zero attached hydrogens (tertiary/aromatic N) is 1. The van der Waals surface area contributed by atoms with Gasteiger partial charge in [-0.15, -0.1) is 0 Å². The highest BCUT2D eigenvalue weighted by molar-refractivity contribution is 7.92. The molecular weight excluding hydrogens is 328 g/mol. The second-order valence-electron chi connectivity index (χ2n) is 6.48. The van der Waals surface area contributed by atoms with Crippen molar-refractivity contribution in [2.45, 2.75) is 51.7 Å². The Labute approximate surface area is 144 Å². The molecule has 6 nitrogen and oxygen atoms in total. The smallest absolute Gasteiger partial charge is 0.240 e. The first-order valence-corrected chi connectivity index (χ1v) is 10.1. The van der Waals surface area contributed by atoms with Crippen molar-refractivity contribution in [3.63, 3.8) is 0 Å². The number of ether oxygens (including phenoxy) is 1. The van der Waals surface area contributed by atoms with E-state index >= 15 is 0 Å². The standard InChI is InChI=1S/C17H26N2O4S/c1-13(2)23-16-10-8-15(9-11-16)19(24(3,21)22)12-17(20)18-14-6-4-5-7-14/h8-11,13-14H,4-7,12H2,1-3H3,(H,18,20). The van der Waals surface area contributed by atoms with Crippen LogP contribution in [0.15, 0.2) is 24.3 Å². The molecule has 2 rings (SSSR count). The molecule has 1 amide bonds. The highest BCUT2D eigenvalue weighted by atomic mass is 32.2. The summed E-state index contributed by atoms with van der Waals surface area (Å²) in [5, 5.41) is 2.92. The molecule has 7 heteroatoms. The molecular formula is C17H26N2O4S. The van der Waals surface area contributed by atoms with E-state index in [1.165, 1.54) is 0 Å². The van der Waals surface area contributed by atoms with Gasteiger partial charge in [0.15, 0.2) is 0 Å². The third-order valence-corrected chi connectivity index (χ3v) is 5.04. The van der Waals surface area contributed by atoms with Crippen LogP contribution in [0.4, 0.5) is 5.69 Å². The minimum Gasteiger partial charge on any atom is -0.491 e. The van der Waals surface area contributed by atoms with Gasteiger partial charge in [0.25, 0.3) is 0 Å². The van der Waals surface area contributed by atoms with E-state index in [2.05, 4.69) is 5.32 Å². The lowest BCUT2D eigenvalue weighted by atomic mass is 10.2. The molecule has 1 aliphatic rings. The number of hydrogen-bond acceptors (Lipinski definition) is 4. The van der Waals surface area contributed by atoms with Crippen LogP contribution in [0.5, 0.6) is 5.75 Å². The Kier molecular flexibility index (Phi) is 6.10. The number of carbonyl (C=O) groups is 1. The van der Waals surface area contributed by atoms with E-state index in [0.29, 0.717) is 11.4 Å². The molecule has 0 radical (unpaired) electrons. The van der Waals surface area contributed by atoms with Gasteiger partial charge in [0.2, 0.25) is 15.9 Å². The monoisotopic (exact) mass is 354 g/mol. The van der Waals surface area contributed by atoms with Crippen molar-refractivity contribution in [2.75, 3.05) is 17.1 Å². The second kappa shape index (κ2) is 7.88. The second-order valence-corrected chi connectivity index (χ2v) is 8.39. The molecule has 1 aromatic carbocycles. The average Bonchev–Trinajstić information content (AvgIpc) is 2.97. The topological polar surface area (TPSA) is 75.7 Å². The third kappa shape index (κ3) is 5.40. The Morgan fingerprint density at radius 1 is 1.25 bits per heavy atom. The third-order valence-electron chi connectivity index (χ3n) is 3.90. The SMILES string of the molecule is CC(C)Oc1ccc(N(CC(=O)NC2CCCC2)S(C)(=O)=O)cc1. The molecule has 0 bridgehead atoms. The molecule has 0 unspecified atom stereocenters. The lowest BCUT2D eigenvalue weighted by Crippen LogP contribution is -2.43. The first-order chi connectivity index (χ1) is 11.3. The molecule has 0 heterocycles. The zero-order valence-electron chi connectivity index (χ0n) is 14.5. The van der Waals surface area contributed by atoms with Crippen molar-refractivity contribution in [2.24, 2.45) is 0 Å². The highest BCUT2D eigenvalue weighted by Gasteiger charge is 2.23. The molecule has 1 saturated carbocycles. The molecule has 1 aromatic rings. The van der Waals surface area contributed by atoms with Crippen LogP contribution in [0.3, 0.4) is 0 Å². The van der Waals surface area contributed by atoms with Gasteiger partial charge in [-0.2, -0.15) is 0 Å². The van der Waals surface area contributed by atoms with E-state index in [1.807, 2.05) is 13.8 Å².